The van der Waals surface area contributed by atoms with Crippen LogP contribution in [0.1, 0.15) is 31.2 Å². The normalized spacial score (nSPS) is 12.2. The van der Waals surface area contributed by atoms with E-state index in [9.17, 15) is 17.6 Å². The van der Waals surface area contributed by atoms with Crippen molar-refractivity contribution < 1.29 is 22.7 Å². The first-order chi connectivity index (χ1) is 11.9. The summed E-state index contributed by atoms with van der Waals surface area (Å²) < 4.78 is 38.8. The molecule has 5 nitrogen and oxygen atoms in total. The quantitative estimate of drug-likeness (QED) is 0.476. The topological polar surface area (TPSA) is 83.5 Å². The summed E-state index contributed by atoms with van der Waals surface area (Å²) >= 11 is 1.45. The van der Waals surface area contributed by atoms with Crippen LogP contribution in [0.2, 0.25) is 0 Å². The second-order valence-corrected chi connectivity index (χ2v) is 7.97. The third-order valence-electron chi connectivity index (χ3n) is 3.29. The molecule has 0 bridgehead atoms. The average Bonchev–Trinajstić information content (AvgIpc) is 2.58. The molecule has 1 atom stereocenters. The van der Waals surface area contributed by atoms with E-state index in [2.05, 4.69) is 16.6 Å². The number of carboxylic acid groups (broad SMARTS) is 1. The molecule has 0 aliphatic carbocycles. The lowest BCUT2D eigenvalue weighted by atomic mass is 10.2. The van der Waals surface area contributed by atoms with Crippen molar-refractivity contribution in [3.63, 3.8) is 0 Å². The Kier molecular flexibility index (Phi) is 9.57. The van der Waals surface area contributed by atoms with Crippen molar-refractivity contribution >= 4 is 27.8 Å². The van der Waals surface area contributed by atoms with Gasteiger partial charge in [-0.1, -0.05) is 11.8 Å². The second kappa shape index (κ2) is 11.1. The first-order valence-corrected chi connectivity index (χ1v) is 10.7. The van der Waals surface area contributed by atoms with E-state index in [1.54, 1.807) is 12.1 Å². The van der Waals surface area contributed by atoms with E-state index < -0.39 is 22.0 Å². The Morgan fingerprint density at radius 3 is 2.56 bits per heavy atom. The molecule has 1 aromatic rings. The highest BCUT2D eigenvalue weighted by Crippen LogP contribution is 2.12. The lowest BCUT2D eigenvalue weighted by molar-refractivity contribution is -0.139. The van der Waals surface area contributed by atoms with Gasteiger partial charge in [-0.05, 0) is 55.5 Å². The van der Waals surface area contributed by atoms with E-state index in [-0.39, 0.29) is 18.0 Å². The number of hydrogen-bond donors (Lipinski definition) is 2. The number of alkyl halides is 1. The van der Waals surface area contributed by atoms with Crippen molar-refractivity contribution in [1.29, 1.82) is 0 Å². The van der Waals surface area contributed by atoms with Crippen molar-refractivity contribution in [3.05, 3.63) is 29.8 Å². The predicted octanol–water partition coefficient (Wildman–Crippen LogP) is 2.66. The number of nitrogens with one attached hydrogen (secondary N) is 1. The molecule has 8 heteroatoms. The van der Waals surface area contributed by atoms with Gasteiger partial charge >= 0.3 is 5.97 Å². The molecule has 0 spiro atoms. The van der Waals surface area contributed by atoms with Gasteiger partial charge < -0.3 is 5.11 Å². The number of aliphatic carboxylic acids is 1. The lowest BCUT2D eigenvalue weighted by Gasteiger charge is -2.14. The molecule has 1 aromatic carbocycles. The maximum absolute atomic E-state index is 12.3. The minimum Gasteiger partial charge on any atom is -0.480 e. The molecule has 0 saturated heterocycles. The summed E-state index contributed by atoms with van der Waals surface area (Å²) in [4.78, 5) is 11.2. The fourth-order valence-electron chi connectivity index (χ4n) is 1.91. The first-order valence-electron chi connectivity index (χ1n) is 7.79. The average molecular weight is 387 g/mol. The number of halogens is 1. The standard InChI is InChI=1S/C17H22FNO4S2/c1-24-13-11-16(17(20)21)19-25(22,23)15-9-7-14(8-10-15)6-4-2-3-5-12-18/h7-10,16,19H,2-3,5,11-13H2,1H3,(H,20,21)/t16-/m1/s1. The number of hydrogen-bond acceptors (Lipinski definition) is 4. The van der Waals surface area contributed by atoms with Gasteiger partial charge in [0.25, 0.3) is 0 Å². The molecule has 138 valence electrons. The molecule has 0 aromatic heterocycles. The molecule has 0 heterocycles. The van der Waals surface area contributed by atoms with Crippen LogP contribution in [0.5, 0.6) is 0 Å². The number of carbonyl (C=O) groups is 1. The molecule has 0 amide bonds. The fourth-order valence-corrected chi connectivity index (χ4v) is 3.61. The highest BCUT2D eigenvalue weighted by Gasteiger charge is 2.24. The molecule has 25 heavy (non-hydrogen) atoms. The molecule has 1 rings (SSSR count). The van der Waals surface area contributed by atoms with Crippen LogP contribution >= 0.6 is 11.8 Å². The summed E-state index contributed by atoms with van der Waals surface area (Å²) in [6.45, 7) is -0.352. The van der Waals surface area contributed by atoms with Gasteiger partial charge in [0.15, 0.2) is 0 Å². The molecule has 0 unspecified atom stereocenters. The zero-order valence-electron chi connectivity index (χ0n) is 14.0. The van der Waals surface area contributed by atoms with Crippen molar-refractivity contribution in [3.8, 4) is 11.8 Å². The first kappa shape index (κ1) is 21.5. The zero-order chi connectivity index (χ0) is 18.7. The van der Waals surface area contributed by atoms with Gasteiger partial charge in [0, 0.05) is 12.0 Å². The Morgan fingerprint density at radius 2 is 2.00 bits per heavy atom. The van der Waals surface area contributed by atoms with E-state index in [0.29, 0.717) is 30.6 Å². The van der Waals surface area contributed by atoms with E-state index in [0.717, 1.165) is 0 Å². The Morgan fingerprint density at radius 1 is 1.32 bits per heavy atom. The number of sulfonamides is 1. The molecule has 0 radical (unpaired) electrons. The molecule has 0 fully saturated rings. The van der Waals surface area contributed by atoms with Crippen LogP contribution in [-0.2, 0) is 14.8 Å². The summed E-state index contributed by atoms with van der Waals surface area (Å²) in [5.74, 6) is 5.13. The SMILES string of the molecule is CSCC[C@@H](NS(=O)(=O)c1ccc(C#CCCCCF)cc1)C(=O)O. The smallest absolute Gasteiger partial charge is 0.321 e. The number of carboxylic acids is 1. The Bertz CT molecular complexity index is 708. The Balaban J connectivity index is 2.76. The van der Waals surface area contributed by atoms with Crippen LogP contribution in [0, 0.1) is 11.8 Å². The summed E-state index contributed by atoms with van der Waals surface area (Å²) in [5.41, 5.74) is 0.649. The molecule has 0 aliphatic rings. The number of unbranched alkanes of at least 4 members (excludes halogenated alkanes) is 2. The van der Waals surface area contributed by atoms with Crippen LogP contribution < -0.4 is 4.72 Å². The zero-order valence-corrected chi connectivity index (χ0v) is 15.6. The largest absolute Gasteiger partial charge is 0.480 e. The van der Waals surface area contributed by atoms with Gasteiger partial charge in [-0.25, -0.2) is 8.42 Å². The molecule has 0 aliphatic heterocycles. The highest BCUT2D eigenvalue weighted by atomic mass is 32.2. The minimum absolute atomic E-state index is 0.00844. The maximum Gasteiger partial charge on any atom is 0.321 e. The third-order valence-corrected chi connectivity index (χ3v) is 5.42. The third kappa shape index (κ3) is 7.90. The van der Waals surface area contributed by atoms with Crippen LogP contribution in [-0.4, -0.2) is 44.2 Å². The van der Waals surface area contributed by atoms with Gasteiger partial charge in [-0.15, -0.1) is 0 Å². The van der Waals surface area contributed by atoms with E-state index in [1.165, 1.54) is 23.9 Å². The van der Waals surface area contributed by atoms with E-state index >= 15 is 0 Å². The van der Waals surface area contributed by atoms with Gasteiger partial charge in [0.2, 0.25) is 10.0 Å². The fraction of sp³-hybridized carbons (Fsp3) is 0.471. The summed E-state index contributed by atoms with van der Waals surface area (Å²) in [6, 6.07) is 4.75. The Hall–Kier alpha value is -1.56. The van der Waals surface area contributed by atoms with Crippen molar-refractivity contribution in [1.82, 2.24) is 4.72 Å². The Labute approximate surface area is 152 Å². The minimum atomic E-state index is -3.91. The molecule has 2 N–H and O–H groups in total. The van der Waals surface area contributed by atoms with Gasteiger partial charge in [0.1, 0.15) is 6.04 Å². The summed E-state index contributed by atoms with van der Waals surface area (Å²) in [5, 5.41) is 9.13. The summed E-state index contributed by atoms with van der Waals surface area (Å²) in [6.07, 6.45) is 3.79. The maximum atomic E-state index is 12.3. The van der Waals surface area contributed by atoms with Gasteiger partial charge in [-0.2, -0.15) is 16.5 Å². The molecular formula is C17H22FNO4S2. The van der Waals surface area contributed by atoms with Gasteiger partial charge in [0.05, 0.1) is 11.6 Å². The van der Waals surface area contributed by atoms with Crippen molar-refractivity contribution in [2.24, 2.45) is 0 Å². The van der Waals surface area contributed by atoms with Crippen molar-refractivity contribution in [2.45, 2.75) is 36.6 Å². The number of thioether (sulfide) groups is 1. The lowest BCUT2D eigenvalue weighted by Crippen LogP contribution is -2.41. The van der Waals surface area contributed by atoms with Crippen LogP contribution in [0.25, 0.3) is 0 Å². The van der Waals surface area contributed by atoms with Gasteiger partial charge in [-0.3, -0.25) is 9.18 Å². The van der Waals surface area contributed by atoms with Crippen LogP contribution in [0.4, 0.5) is 4.39 Å². The van der Waals surface area contributed by atoms with Crippen LogP contribution in [0.3, 0.4) is 0 Å². The molecular weight excluding hydrogens is 365 g/mol. The highest BCUT2D eigenvalue weighted by molar-refractivity contribution is 7.98. The van der Waals surface area contributed by atoms with Crippen LogP contribution in [0.15, 0.2) is 29.2 Å². The predicted molar refractivity (Wildman–Crippen MR) is 97.9 cm³/mol. The number of rotatable bonds is 10. The van der Waals surface area contributed by atoms with E-state index in [4.69, 9.17) is 5.11 Å². The molecule has 0 saturated carbocycles. The van der Waals surface area contributed by atoms with E-state index in [1.807, 2.05) is 6.26 Å². The monoisotopic (exact) mass is 387 g/mol. The summed E-state index contributed by atoms with van der Waals surface area (Å²) in [7, 11) is -3.91. The second-order valence-electron chi connectivity index (χ2n) is 5.27. The van der Waals surface area contributed by atoms with Crippen molar-refractivity contribution in [2.75, 3.05) is 18.7 Å². The number of benzene rings is 1.